The van der Waals surface area contributed by atoms with E-state index in [-0.39, 0.29) is 0 Å². The van der Waals surface area contributed by atoms with Gasteiger partial charge in [0.1, 0.15) is 0 Å². The molecule has 0 amide bonds. The Morgan fingerprint density at radius 3 is 2.58 bits per heavy atom. The molecule has 3 fully saturated rings. The molecule has 2 saturated heterocycles. The molecule has 0 aromatic carbocycles. The number of piperidine rings is 1. The van der Waals surface area contributed by atoms with Crippen molar-refractivity contribution < 1.29 is 4.74 Å². The molecule has 4 atom stereocenters. The molecule has 3 rings (SSSR count). The Kier molecular flexibility index (Phi) is 4.45. The molecule has 1 N–H and O–H groups in total. The van der Waals surface area contributed by atoms with E-state index >= 15 is 0 Å². The molecule has 0 aromatic rings. The third-order valence-electron chi connectivity index (χ3n) is 5.09. The molecule has 0 aromatic heterocycles. The van der Waals surface area contributed by atoms with Crippen LogP contribution in [0.3, 0.4) is 0 Å². The van der Waals surface area contributed by atoms with Crippen molar-refractivity contribution in [2.24, 2.45) is 5.92 Å². The van der Waals surface area contributed by atoms with Gasteiger partial charge in [0.15, 0.2) is 0 Å². The third-order valence-corrected chi connectivity index (χ3v) is 5.09. The summed E-state index contributed by atoms with van der Waals surface area (Å²) in [5.74, 6) is 0.866. The lowest BCUT2D eigenvalue weighted by Gasteiger charge is -2.38. The minimum atomic E-state index is 0.475. The zero-order valence-corrected chi connectivity index (χ0v) is 12.6. The quantitative estimate of drug-likeness (QED) is 0.827. The van der Waals surface area contributed by atoms with Crippen LogP contribution in [0.5, 0.6) is 0 Å². The molecular weight excluding hydrogens is 236 g/mol. The summed E-state index contributed by atoms with van der Waals surface area (Å²) in [5.41, 5.74) is 0. The Labute approximate surface area is 118 Å². The van der Waals surface area contributed by atoms with Crippen molar-refractivity contribution >= 4 is 0 Å². The topological polar surface area (TPSA) is 24.5 Å². The third kappa shape index (κ3) is 3.93. The van der Waals surface area contributed by atoms with Crippen LogP contribution in [-0.4, -0.2) is 48.8 Å². The molecule has 3 aliphatic rings. The molecule has 0 spiro atoms. The molecule has 1 saturated carbocycles. The summed E-state index contributed by atoms with van der Waals surface area (Å²) in [7, 11) is 0. The SMILES string of the molecule is CC1CCC(C)N(CC2CCC(CNC3CC3)O2)C1. The van der Waals surface area contributed by atoms with Gasteiger partial charge in [-0.2, -0.15) is 0 Å². The first-order valence-corrected chi connectivity index (χ1v) is 8.33. The second-order valence-corrected chi connectivity index (χ2v) is 7.13. The second kappa shape index (κ2) is 6.11. The molecule has 1 aliphatic carbocycles. The average molecular weight is 266 g/mol. The van der Waals surface area contributed by atoms with Crippen LogP contribution in [0.1, 0.15) is 52.4 Å². The van der Waals surface area contributed by atoms with E-state index in [4.69, 9.17) is 4.74 Å². The standard InChI is InChI=1S/C16H30N2O/c1-12-3-4-13(2)18(10-12)11-16-8-7-15(19-16)9-17-14-5-6-14/h12-17H,3-11H2,1-2H3. The first-order valence-electron chi connectivity index (χ1n) is 8.33. The summed E-state index contributed by atoms with van der Waals surface area (Å²) in [6.45, 7) is 8.27. The molecule has 0 radical (unpaired) electrons. The number of ether oxygens (including phenoxy) is 1. The predicted molar refractivity (Wildman–Crippen MR) is 78.4 cm³/mol. The summed E-state index contributed by atoms with van der Waals surface area (Å²) in [5, 5.41) is 3.60. The highest BCUT2D eigenvalue weighted by molar-refractivity contribution is 4.86. The van der Waals surface area contributed by atoms with E-state index in [1.54, 1.807) is 0 Å². The van der Waals surface area contributed by atoms with Crippen molar-refractivity contribution in [1.29, 1.82) is 0 Å². The minimum absolute atomic E-state index is 0.475. The average Bonchev–Trinajstić information content (AvgIpc) is 3.12. The first kappa shape index (κ1) is 13.8. The Morgan fingerprint density at radius 2 is 1.79 bits per heavy atom. The van der Waals surface area contributed by atoms with Gasteiger partial charge in [-0.25, -0.2) is 0 Å². The fraction of sp³-hybridized carbons (Fsp3) is 1.00. The van der Waals surface area contributed by atoms with E-state index in [1.807, 2.05) is 0 Å². The highest BCUT2D eigenvalue weighted by Gasteiger charge is 2.31. The molecule has 3 heteroatoms. The summed E-state index contributed by atoms with van der Waals surface area (Å²) in [6, 6.07) is 1.56. The van der Waals surface area contributed by atoms with Gasteiger partial charge in [0, 0.05) is 31.7 Å². The summed E-state index contributed by atoms with van der Waals surface area (Å²) in [6.07, 6.45) is 8.98. The van der Waals surface area contributed by atoms with Crippen LogP contribution in [0.15, 0.2) is 0 Å². The number of hydrogen-bond donors (Lipinski definition) is 1. The normalized spacial score (nSPS) is 40.7. The second-order valence-electron chi connectivity index (χ2n) is 7.13. The van der Waals surface area contributed by atoms with Crippen molar-refractivity contribution in [2.45, 2.75) is 76.7 Å². The first-order chi connectivity index (χ1) is 9.20. The lowest BCUT2D eigenvalue weighted by Crippen LogP contribution is -2.45. The zero-order chi connectivity index (χ0) is 13.2. The maximum Gasteiger partial charge on any atom is 0.0707 e. The number of nitrogens with zero attached hydrogens (tertiary/aromatic N) is 1. The van der Waals surface area contributed by atoms with Gasteiger partial charge >= 0.3 is 0 Å². The molecule has 19 heavy (non-hydrogen) atoms. The van der Waals surface area contributed by atoms with Crippen LogP contribution < -0.4 is 5.32 Å². The van der Waals surface area contributed by atoms with E-state index in [0.29, 0.717) is 12.2 Å². The van der Waals surface area contributed by atoms with Crippen molar-refractivity contribution in [2.75, 3.05) is 19.6 Å². The molecule has 4 unspecified atom stereocenters. The van der Waals surface area contributed by atoms with Crippen molar-refractivity contribution in [3.8, 4) is 0 Å². The monoisotopic (exact) mass is 266 g/mol. The number of rotatable bonds is 5. The van der Waals surface area contributed by atoms with Gasteiger partial charge in [-0.15, -0.1) is 0 Å². The molecule has 0 bridgehead atoms. The largest absolute Gasteiger partial charge is 0.372 e. The summed E-state index contributed by atoms with van der Waals surface area (Å²) in [4.78, 5) is 2.66. The number of hydrogen-bond acceptors (Lipinski definition) is 3. The Hall–Kier alpha value is -0.120. The fourth-order valence-corrected chi connectivity index (χ4v) is 3.55. The van der Waals surface area contributed by atoms with Crippen LogP contribution in [0.25, 0.3) is 0 Å². The van der Waals surface area contributed by atoms with Gasteiger partial charge in [0.2, 0.25) is 0 Å². The van der Waals surface area contributed by atoms with Crippen molar-refractivity contribution in [1.82, 2.24) is 10.2 Å². The van der Waals surface area contributed by atoms with Gasteiger partial charge < -0.3 is 10.1 Å². The Morgan fingerprint density at radius 1 is 1.00 bits per heavy atom. The van der Waals surface area contributed by atoms with Gasteiger partial charge in [-0.05, 0) is 51.4 Å². The molecule has 2 aliphatic heterocycles. The van der Waals surface area contributed by atoms with Gasteiger partial charge in [-0.1, -0.05) is 6.92 Å². The molecule has 110 valence electrons. The van der Waals surface area contributed by atoms with Gasteiger partial charge in [0.25, 0.3) is 0 Å². The molecule has 3 nitrogen and oxygen atoms in total. The highest BCUT2D eigenvalue weighted by Crippen LogP contribution is 2.26. The van der Waals surface area contributed by atoms with Crippen LogP contribution >= 0.6 is 0 Å². The minimum Gasteiger partial charge on any atom is -0.372 e. The predicted octanol–water partition coefficient (Wildman–Crippen LogP) is 2.41. The highest BCUT2D eigenvalue weighted by atomic mass is 16.5. The van der Waals surface area contributed by atoms with Crippen LogP contribution in [-0.2, 0) is 4.74 Å². The van der Waals surface area contributed by atoms with Gasteiger partial charge in [0.05, 0.1) is 12.2 Å². The van der Waals surface area contributed by atoms with Crippen molar-refractivity contribution in [3.63, 3.8) is 0 Å². The fourth-order valence-electron chi connectivity index (χ4n) is 3.55. The number of nitrogens with one attached hydrogen (secondary N) is 1. The zero-order valence-electron chi connectivity index (χ0n) is 12.6. The van der Waals surface area contributed by atoms with E-state index in [1.165, 1.54) is 45.1 Å². The van der Waals surface area contributed by atoms with Crippen LogP contribution in [0, 0.1) is 5.92 Å². The Balaban J connectivity index is 1.40. The summed E-state index contributed by atoms with van der Waals surface area (Å²) < 4.78 is 6.22. The Bertz CT molecular complexity index is 292. The summed E-state index contributed by atoms with van der Waals surface area (Å²) >= 11 is 0. The van der Waals surface area contributed by atoms with E-state index in [9.17, 15) is 0 Å². The smallest absolute Gasteiger partial charge is 0.0707 e. The van der Waals surface area contributed by atoms with Crippen LogP contribution in [0.2, 0.25) is 0 Å². The molecular formula is C16H30N2O. The van der Waals surface area contributed by atoms with Gasteiger partial charge in [-0.3, -0.25) is 4.90 Å². The molecule has 2 heterocycles. The lowest BCUT2D eigenvalue weighted by atomic mass is 9.94. The van der Waals surface area contributed by atoms with E-state index in [2.05, 4.69) is 24.1 Å². The number of likely N-dealkylation sites (tertiary alicyclic amines) is 1. The maximum atomic E-state index is 6.22. The van der Waals surface area contributed by atoms with E-state index in [0.717, 1.165) is 31.1 Å². The van der Waals surface area contributed by atoms with Crippen molar-refractivity contribution in [3.05, 3.63) is 0 Å². The van der Waals surface area contributed by atoms with E-state index < -0.39 is 0 Å². The van der Waals surface area contributed by atoms with Crippen LogP contribution in [0.4, 0.5) is 0 Å². The lowest BCUT2D eigenvalue weighted by molar-refractivity contribution is 0.00357. The maximum absolute atomic E-state index is 6.22.